The maximum atomic E-state index is 6.66. The van der Waals surface area contributed by atoms with Crippen molar-refractivity contribution in [3.05, 3.63) is 430 Å². The van der Waals surface area contributed by atoms with E-state index in [4.69, 9.17) is 39.4 Å². The summed E-state index contributed by atoms with van der Waals surface area (Å²) >= 11 is 0. The summed E-state index contributed by atoms with van der Waals surface area (Å²) in [5.41, 5.74) is 30.9. The second-order valence-electron chi connectivity index (χ2n) is 29.0. The number of fused-ring (bicyclic) bond motifs is 18. The van der Waals surface area contributed by atoms with E-state index in [1.165, 1.54) is 77.9 Å². The Morgan fingerprint density at radius 3 is 0.806 bits per heavy atom. The molecule has 2 aliphatic heterocycles. The van der Waals surface area contributed by atoms with Gasteiger partial charge in [0.25, 0.3) is 0 Å². The number of para-hydroxylation sites is 4. The van der Waals surface area contributed by atoms with Gasteiger partial charge in [0.05, 0.1) is 10.8 Å². The predicted octanol–water partition coefficient (Wildman–Crippen LogP) is 23.3. The van der Waals surface area contributed by atoms with Crippen LogP contribution in [0.1, 0.15) is 89.7 Å². The lowest BCUT2D eigenvalue weighted by molar-refractivity contribution is 0.436. The van der Waals surface area contributed by atoms with Crippen molar-refractivity contribution in [3.8, 4) is 136 Å². The lowest BCUT2D eigenvalue weighted by Crippen LogP contribution is -2.32. The van der Waals surface area contributed by atoms with E-state index in [0.717, 1.165) is 101 Å². The van der Waals surface area contributed by atoms with Gasteiger partial charge in [0.15, 0.2) is 34.9 Å². The molecule has 0 saturated heterocycles. The minimum absolute atomic E-state index is 0.0472. The molecule has 0 radical (unpaired) electrons. The van der Waals surface area contributed by atoms with Crippen LogP contribution in [-0.4, -0.2) is 29.9 Å². The third-order valence-corrected chi connectivity index (χ3v) is 23.5. The largest absolute Gasteiger partial charge is 0.457 e. The van der Waals surface area contributed by atoms with Gasteiger partial charge in [-0.3, -0.25) is 0 Å². The highest BCUT2D eigenvalue weighted by Gasteiger charge is 2.53. The number of nitrogens with zero attached hydrogens (tertiary/aromatic N) is 6. The molecule has 2 bridgehead atoms. The molecule has 502 valence electrons. The highest BCUT2D eigenvalue weighted by atomic mass is 16.5. The SMILES string of the molecule is c1ccc(-c2nc(-c3ccc(-c4ccc5c(c4)C4(c6ccccc6Oc6ccccc64)c4ccccc4-5)cc3)nc(-c3ccc4c(c3)C3c5ccccc5C4c4cc(-c5nc(-c6ccccc6)nc(-c6ccc(-c7ccc8c(c7)C7(c9ccccc9Oc9ccccc97)c7ccccc7-8)cc6)n5)ccc43)n2)cc1. The number of hydrogen-bond acceptors (Lipinski definition) is 8. The van der Waals surface area contributed by atoms with Gasteiger partial charge in [-0.05, 0) is 149 Å². The van der Waals surface area contributed by atoms with E-state index in [1.807, 2.05) is 36.4 Å². The summed E-state index contributed by atoms with van der Waals surface area (Å²) in [6, 6.07) is 126. The van der Waals surface area contributed by atoms with Crippen molar-refractivity contribution in [3.63, 3.8) is 0 Å². The van der Waals surface area contributed by atoms with Crippen LogP contribution in [0.5, 0.6) is 23.0 Å². The Morgan fingerprint density at radius 1 is 0.176 bits per heavy atom. The maximum absolute atomic E-state index is 6.66. The number of rotatable bonds is 8. The van der Waals surface area contributed by atoms with E-state index < -0.39 is 10.8 Å². The third kappa shape index (κ3) is 8.74. The van der Waals surface area contributed by atoms with Crippen LogP contribution in [0.15, 0.2) is 352 Å². The minimum atomic E-state index is -0.566. The summed E-state index contributed by atoms with van der Waals surface area (Å²) in [6.45, 7) is 0. The first-order valence-electron chi connectivity index (χ1n) is 36.9. The average Bonchev–Trinajstić information content (AvgIpc) is 1.64. The van der Waals surface area contributed by atoms with Crippen LogP contribution in [0.3, 0.4) is 0 Å². The van der Waals surface area contributed by atoms with Crippen LogP contribution in [-0.2, 0) is 10.8 Å². The fourth-order valence-corrected chi connectivity index (χ4v) is 18.9. The van der Waals surface area contributed by atoms with E-state index in [-0.39, 0.29) is 11.8 Å². The highest BCUT2D eigenvalue weighted by Crippen LogP contribution is 2.65. The zero-order valence-electron chi connectivity index (χ0n) is 58.1. The Balaban J connectivity index is 0.588. The first-order chi connectivity index (χ1) is 53.5. The number of aromatic nitrogens is 6. The summed E-state index contributed by atoms with van der Waals surface area (Å²) < 4.78 is 13.3. The molecule has 0 N–H and O–H groups in total. The van der Waals surface area contributed by atoms with Crippen LogP contribution in [0.25, 0.3) is 113 Å². The third-order valence-electron chi connectivity index (χ3n) is 23.5. The van der Waals surface area contributed by atoms with Crippen LogP contribution in [0, 0.1) is 0 Å². The molecule has 8 nitrogen and oxygen atoms in total. The normalized spacial score (nSPS) is 15.1. The van der Waals surface area contributed by atoms with Crippen molar-refractivity contribution >= 4 is 0 Å². The average molecular weight is 1380 g/mol. The molecule has 2 atom stereocenters. The Hall–Kier alpha value is -14.1. The summed E-state index contributed by atoms with van der Waals surface area (Å²) in [6.07, 6.45) is 0. The zero-order valence-corrected chi connectivity index (χ0v) is 58.1. The quantitative estimate of drug-likeness (QED) is 0.148. The van der Waals surface area contributed by atoms with Crippen molar-refractivity contribution < 1.29 is 9.47 Å². The van der Waals surface area contributed by atoms with Crippen molar-refractivity contribution in [2.75, 3.05) is 0 Å². The molecular weight excluding hydrogens is 1320 g/mol. The van der Waals surface area contributed by atoms with Crippen LogP contribution in [0.2, 0.25) is 0 Å². The van der Waals surface area contributed by atoms with Gasteiger partial charge >= 0.3 is 0 Å². The second-order valence-corrected chi connectivity index (χ2v) is 29.0. The van der Waals surface area contributed by atoms with Crippen LogP contribution < -0.4 is 9.47 Å². The standard InChI is InChI=1S/C100H60N6O2/c1-3-21-61(22-4-1)93-101-95(63-43-39-59(40-44-63)65-47-51-71-69-25-9-11-29-79(69)99(85(71)57-65)81-31-13-17-35-87(81)107-88-36-18-14-32-82(88)99)105-97(103-93)67-49-53-75-77(55-67)91-73-27-7-8-28-74(73)92(75)78-56-68(50-54-76(78)91)98-104-94(62-23-5-2-6-24-62)102-96(106-98)64-45-41-60(42-46-64)66-48-52-72-70-26-10-12-30-80(70)100(86(72)58-66)83-33-15-19-37-89(83)108-90-38-20-16-34-84(90)100/h1-58,91-92H. The first kappa shape index (κ1) is 60.3. The van der Waals surface area contributed by atoms with E-state index in [9.17, 15) is 0 Å². The van der Waals surface area contributed by atoms with Gasteiger partial charge in [-0.2, -0.15) is 0 Å². The summed E-state index contributed by atoms with van der Waals surface area (Å²) in [4.78, 5) is 31.8. The molecule has 0 amide bonds. The topological polar surface area (TPSA) is 95.8 Å². The van der Waals surface area contributed by atoms with Crippen molar-refractivity contribution in [2.45, 2.75) is 22.7 Å². The van der Waals surface area contributed by atoms with Crippen LogP contribution in [0.4, 0.5) is 0 Å². The second kappa shape index (κ2) is 23.2. The molecule has 4 heterocycles. The van der Waals surface area contributed by atoms with Gasteiger partial charge in [0.1, 0.15) is 23.0 Å². The summed E-state index contributed by atoms with van der Waals surface area (Å²) in [5, 5.41) is 0. The van der Waals surface area contributed by atoms with Gasteiger partial charge in [-0.1, -0.05) is 303 Å². The summed E-state index contributed by atoms with van der Waals surface area (Å²) in [5.74, 6) is 7.06. The van der Waals surface area contributed by atoms with E-state index in [2.05, 4.69) is 315 Å². The summed E-state index contributed by atoms with van der Waals surface area (Å²) in [7, 11) is 0. The van der Waals surface area contributed by atoms with Gasteiger partial charge in [0, 0.05) is 67.5 Å². The predicted molar refractivity (Wildman–Crippen MR) is 426 cm³/mol. The fraction of sp³-hybridized carbons (Fsp3) is 0.0400. The number of hydrogen-bond donors (Lipinski definition) is 0. The molecule has 5 aliphatic carbocycles. The van der Waals surface area contributed by atoms with Gasteiger partial charge in [0.2, 0.25) is 0 Å². The van der Waals surface area contributed by atoms with E-state index in [0.29, 0.717) is 34.9 Å². The van der Waals surface area contributed by atoms with Crippen molar-refractivity contribution in [2.24, 2.45) is 0 Å². The Kier molecular flexibility index (Phi) is 13.0. The zero-order chi connectivity index (χ0) is 70.8. The number of ether oxygens (including phenoxy) is 2. The molecule has 17 aromatic rings. The Labute approximate surface area is 623 Å². The molecular formula is C100H60N6O2. The molecule has 2 aromatic heterocycles. The molecule has 24 rings (SSSR count). The smallest absolute Gasteiger partial charge is 0.164 e. The fourth-order valence-electron chi connectivity index (χ4n) is 18.9. The monoisotopic (exact) mass is 1380 g/mol. The lowest BCUT2D eigenvalue weighted by Gasteiger charge is -2.42. The van der Waals surface area contributed by atoms with Crippen LogP contribution >= 0.6 is 0 Å². The first-order valence-corrected chi connectivity index (χ1v) is 36.9. The number of benzene rings is 15. The molecule has 108 heavy (non-hydrogen) atoms. The molecule has 7 aliphatic rings. The minimum Gasteiger partial charge on any atom is -0.457 e. The van der Waals surface area contributed by atoms with Gasteiger partial charge in [-0.25, -0.2) is 29.9 Å². The molecule has 15 aromatic carbocycles. The molecule has 2 unspecified atom stereocenters. The Morgan fingerprint density at radius 2 is 0.435 bits per heavy atom. The Bertz CT molecular complexity index is 6160. The maximum Gasteiger partial charge on any atom is 0.164 e. The molecule has 2 spiro atoms. The van der Waals surface area contributed by atoms with Gasteiger partial charge in [-0.15, -0.1) is 0 Å². The molecule has 0 fully saturated rings. The van der Waals surface area contributed by atoms with E-state index in [1.54, 1.807) is 0 Å². The molecule has 8 heteroatoms. The highest BCUT2D eigenvalue weighted by molar-refractivity contribution is 5.93. The van der Waals surface area contributed by atoms with Gasteiger partial charge < -0.3 is 9.47 Å². The van der Waals surface area contributed by atoms with Crippen molar-refractivity contribution in [1.29, 1.82) is 0 Å². The lowest BCUT2D eigenvalue weighted by atomic mass is 9.61. The molecule has 0 saturated carbocycles. The van der Waals surface area contributed by atoms with E-state index >= 15 is 0 Å². The van der Waals surface area contributed by atoms with Crippen molar-refractivity contribution in [1.82, 2.24) is 29.9 Å².